The molecule has 0 amide bonds. The van der Waals surface area contributed by atoms with E-state index in [0.717, 1.165) is 32.6 Å². The third kappa shape index (κ3) is 4.33. The number of pyridine rings is 1. The Balaban J connectivity index is 1.43. The summed E-state index contributed by atoms with van der Waals surface area (Å²) in [6, 6.07) is 19.0. The maximum atomic E-state index is 11.4. The molecule has 0 spiro atoms. The highest BCUT2D eigenvalue weighted by molar-refractivity contribution is 7.16. The zero-order chi connectivity index (χ0) is 23.7. The Bertz CT molecular complexity index is 1520. The van der Waals surface area contributed by atoms with Crippen molar-refractivity contribution in [2.75, 3.05) is 5.32 Å². The van der Waals surface area contributed by atoms with Gasteiger partial charge < -0.3 is 15.4 Å². The molecule has 5 aromatic rings. The van der Waals surface area contributed by atoms with Gasteiger partial charge in [0.15, 0.2) is 0 Å². The molecule has 8 nitrogen and oxygen atoms in total. The summed E-state index contributed by atoms with van der Waals surface area (Å²) in [5.41, 5.74) is 6.84. The van der Waals surface area contributed by atoms with Crippen molar-refractivity contribution < 1.29 is 4.92 Å². The fourth-order valence-corrected chi connectivity index (χ4v) is 4.57. The summed E-state index contributed by atoms with van der Waals surface area (Å²) in [6.07, 6.45) is 1.43. The van der Waals surface area contributed by atoms with E-state index in [2.05, 4.69) is 31.3 Å². The Labute approximate surface area is 199 Å². The number of hydrogen-bond donors (Lipinski definition) is 1. The Morgan fingerprint density at radius 1 is 1.00 bits per heavy atom. The Morgan fingerprint density at radius 3 is 2.74 bits per heavy atom. The number of aromatic nitrogens is 4. The van der Waals surface area contributed by atoms with E-state index in [1.54, 1.807) is 23.5 Å². The second kappa shape index (κ2) is 8.95. The van der Waals surface area contributed by atoms with Gasteiger partial charge in [0.25, 0.3) is 0 Å². The lowest BCUT2D eigenvalue weighted by molar-refractivity contribution is -0.388. The van der Waals surface area contributed by atoms with E-state index < -0.39 is 4.92 Å². The molecule has 34 heavy (non-hydrogen) atoms. The van der Waals surface area contributed by atoms with E-state index in [9.17, 15) is 10.1 Å². The average molecular weight is 469 g/mol. The average Bonchev–Trinajstić information content (AvgIpc) is 3.32. The number of nitrogens with zero attached hydrogens (tertiary/aromatic N) is 5. The first kappa shape index (κ1) is 21.6. The molecule has 2 aromatic carbocycles. The molecule has 1 atom stereocenters. The third-order valence-electron chi connectivity index (χ3n) is 5.49. The molecule has 0 saturated heterocycles. The van der Waals surface area contributed by atoms with Gasteiger partial charge in [0.05, 0.1) is 27.0 Å². The number of anilines is 1. The van der Waals surface area contributed by atoms with Crippen LogP contribution in [0.4, 0.5) is 11.6 Å². The molecule has 0 aliphatic heterocycles. The topological polar surface area (TPSA) is 107 Å². The van der Waals surface area contributed by atoms with Crippen LogP contribution in [0.2, 0.25) is 0 Å². The fraction of sp³-hybridized carbons (Fsp3) is 0.120. The Morgan fingerprint density at radius 2 is 1.88 bits per heavy atom. The number of benzene rings is 2. The smallest absolute Gasteiger partial charge is 0.363 e. The van der Waals surface area contributed by atoms with Gasteiger partial charge in [-0.2, -0.15) is 0 Å². The van der Waals surface area contributed by atoms with Crippen LogP contribution in [0, 0.1) is 17.0 Å². The summed E-state index contributed by atoms with van der Waals surface area (Å²) >= 11 is 1.60. The first-order chi connectivity index (χ1) is 16.5. The first-order valence-corrected chi connectivity index (χ1v) is 11.5. The molecule has 3 heterocycles. The summed E-state index contributed by atoms with van der Waals surface area (Å²) in [4.78, 5) is 28.4. The third-order valence-corrected chi connectivity index (χ3v) is 6.28. The zero-order valence-corrected chi connectivity index (χ0v) is 19.3. The van der Waals surface area contributed by atoms with Crippen LogP contribution < -0.4 is 5.32 Å². The van der Waals surface area contributed by atoms with Gasteiger partial charge in [-0.15, -0.1) is 11.3 Å². The molecule has 1 N–H and O–H groups in total. The summed E-state index contributed by atoms with van der Waals surface area (Å²) in [5.74, 6) is 1.21. The van der Waals surface area contributed by atoms with E-state index in [-0.39, 0.29) is 11.9 Å². The highest BCUT2D eigenvalue weighted by atomic mass is 32.1. The van der Waals surface area contributed by atoms with Crippen molar-refractivity contribution in [1.29, 1.82) is 0 Å². The summed E-state index contributed by atoms with van der Waals surface area (Å²) in [7, 11) is 0. The molecular formula is C25H20N6O2S. The summed E-state index contributed by atoms with van der Waals surface area (Å²) < 4.78 is 1.11. The van der Waals surface area contributed by atoms with Crippen molar-refractivity contribution in [3.63, 3.8) is 0 Å². The minimum atomic E-state index is -0.460. The van der Waals surface area contributed by atoms with E-state index in [1.807, 2.05) is 61.8 Å². The van der Waals surface area contributed by atoms with Crippen LogP contribution in [0.5, 0.6) is 0 Å². The van der Waals surface area contributed by atoms with Crippen molar-refractivity contribution in [1.82, 2.24) is 19.9 Å². The Kier molecular flexibility index (Phi) is 5.69. The number of nitro groups is 1. The lowest BCUT2D eigenvalue weighted by Crippen LogP contribution is -2.09. The standard InChI is InChI=1S/C25H20N6O2S/c1-15(17-5-3-6-18(11-17)20-7-4-10-26-25(20)31(32)33)28-24-13-22(29-16(2)30-24)19-8-9-21-23(12-19)34-14-27-21/h3-15H,1-2H3,(H,28,29,30). The van der Waals surface area contributed by atoms with E-state index in [4.69, 9.17) is 0 Å². The normalized spacial score (nSPS) is 11.9. The van der Waals surface area contributed by atoms with E-state index in [1.165, 1.54) is 6.20 Å². The van der Waals surface area contributed by atoms with Crippen molar-refractivity contribution in [2.24, 2.45) is 0 Å². The molecule has 3 aromatic heterocycles. The number of thiazole rings is 1. The molecule has 0 aliphatic carbocycles. The van der Waals surface area contributed by atoms with Crippen molar-refractivity contribution in [3.8, 4) is 22.4 Å². The van der Waals surface area contributed by atoms with Crippen molar-refractivity contribution >= 4 is 33.2 Å². The molecule has 0 aliphatic rings. The molecular weight excluding hydrogens is 448 g/mol. The molecule has 0 bridgehead atoms. The molecule has 9 heteroatoms. The minimum absolute atomic E-state index is 0.0956. The summed E-state index contributed by atoms with van der Waals surface area (Å²) in [5, 5.41) is 14.9. The second-order valence-corrected chi connectivity index (χ2v) is 8.73. The number of aryl methyl sites for hydroxylation is 1. The van der Waals surface area contributed by atoms with Crippen molar-refractivity contribution in [3.05, 3.63) is 93.9 Å². The second-order valence-electron chi connectivity index (χ2n) is 7.84. The highest BCUT2D eigenvalue weighted by Gasteiger charge is 2.17. The van der Waals surface area contributed by atoms with Gasteiger partial charge in [0.2, 0.25) is 0 Å². The zero-order valence-electron chi connectivity index (χ0n) is 18.5. The molecule has 168 valence electrons. The van der Waals surface area contributed by atoms with Gasteiger partial charge in [-0.3, -0.25) is 0 Å². The molecule has 5 rings (SSSR count). The fourth-order valence-electron chi connectivity index (χ4n) is 3.85. The van der Waals surface area contributed by atoms with Crippen LogP contribution in [-0.2, 0) is 0 Å². The largest absolute Gasteiger partial charge is 0.371 e. The van der Waals surface area contributed by atoms with Gasteiger partial charge in [0.1, 0.15) is 17.8 Å². The highest BCUT2D eigenvalue weighted by Crippen LogP contribution is 2.31. The molecule has 0 saturated carbocycles. The van der Waals surface area contributed by atoms with Crippen LogP contribution in [-0.4, -0.2) is 24.9 Å². The first-order valence-electron chi connectivity index (χ1n) is 10.6. The van der Waals surface area contributed by atoms with Gasteiger partial charge in [-0.25, -0.2) is 15.0 Å². The molecule has 0 fully saturated rings. The predicted octanol–water partition coefficient (Wildman–Crippen LogP) is 6.21. The maximum Gasteiger partial charge on any atom is 0.371 e. The monoisotopic (exact) mass is 468 g/mol. The van der Waals surface area contributed by atoms with Crippen molar-refractivity contribution in [2.45, 2.75) is 19.9 Å². The maximum absolute atomic E-state index is 11.4. The number of fused-ring (bicyclic) bond motifs is 1. The molecule has 1 unspecified atom stereocenters. The van der Waals surface area contributed by atoms with E-state index >= 15 is 0 Å². The SMILES string of the molecule is Cc1nc(NC(C)c2cccc(-c3cccnc3[N+](=O)[O-])c2)cc(-c2ccc3ncsc3c2)n1. The van der Waals surface area contributed by atoms with Gasteiger partial charge >= 0.3 is 5.82 Å². The van der Waals surface area contributed by atoms with Gasteiger partial charge in [0, 0.05) is 17.7 Å². The van der Waals surface area contributed by atoms with Crippen LogP contribution in [0.25, 0.3) is 32.6 Å². The quantitative estimate of drug-likeness (QED) is 0.233. The lowest BCUT2D eigenvalue weighted by atomic mass is 10.0. The Hall–Kier alpha value is -4.24. The van der Waals surface area contributed by atoms with Gasteiger partial charge in [-0.05, 0) is 65.2 Å². The van der Waals surface area contributed by atoms with Crippen LogP contribution in [0.15, 0.2) is 72.4 Å². The number of hydrogen-bond acceptors (Lipinski definition) is 8. The number of rotatable bonds is 6. The minimum Gasteiger partial charge on any atom is -0.363 e. The number of nitrogens with one attached hydrogen (secondary N) is 1. The van der Waals surface area contributed by atoms with Crippen LogP contribution in [0.1, 0.15) is 24.4 Å². The van der Waals surface area contributed by atoms with Crippen LogP contribution in [0.3, 0.4) is 0 Å². The predicted molar refractivity (Wildman–Crippen MR) is 134 cm³/mol. The van der Waals surface area contributed by atoms with Crippen LogP contribution >= 0.6 is 11.3 Å². The van der Waals surface area contributed by atoms with Gasteiger partial charge in [-0.1, -0.05) is 24.3 Å². The summed E-state index contributed by atoms with van der Waals surface area (Å²) in [6.45, 7) is 3.89. The lowest BCUT2D eigenvalue weighted by Gasteiger charge is -2.17. The molecule has 0 radical (unpaired) electrons. The van der Waals surface area contributed by atoms with E-state index in [0.29, 0.717) is 17.2 Å².